The minimum Gasteiger partial charge on any atom is -0.381 e. The Balaban J connectivity index is 1.50. The molecule has 4 rings (SSSR count). The Morgan fingerprint density at radius 3 is 2.80 bits per heavy atom. The van der Waals surface area contributed by atoms with Gasteiger partial charge < -0.3 is 10.1 Å². The molecule has 3 aliphatic rings. The molecule has 3 atom stereocenters. The molecule has 4 heteroatoms. The lowest BCUT2D eigenvalue weighted by Gasteiger charge is -2.17. The predicted molar refractivity (Wildman–Crippen MR) is 81.5 cm³/mol. The maximum Gasteiger partial charge on any atom is 0.0595 e. The van der Waals surface area contributed by atoms with Crippen molar-refractivity contribution in [3.05, 3.63) is 33.8 Å². The zero-order valence-corrected chi connectivity index (χ0v) is 12.9. The first-order chi connectivity index (χ1) is 9.72. The van der Waals surface area contributed by atoms with E-state index >= 15 is 0 Å². The number of benzene rings is 1. The van der Waals surface area contributed by atoms with Crippen LogP contribution >= 0.6 is 23.2 Å². The van der Waals surface area contributed by atoms with Crippen LogP contribution < -0.4 is 5.32 Å². The number of piperidine rings is 1. The largest absolute Gasteiger partial charge is 0.381 e. The van der Waals surface area contributed by atoms with Crippen LogP contribution in [0.3, 0.4) is 0 Å². The van der Waals surface area contributed by atoms with E-state index in [1.54, 1.807) is 0 Å². The fourth-order valence-electron chi connectivity index (χ4n) is 3.85. The summed E-state index contributed by atoms with van der Waals surface area (Å²) in [5.41, 5.74) is 1.56. The molecule has 0 aromatic heterocycles. The molecule has 0 bridgehead atoms. The van der Waals surface area contributed by atoms with Crippen molar-refractivity contribution in [2.45, 2.75) is 18.3 Å². The lowest BCUT2D eigenvalue weighted by atomic mass is 9.93. The van der Waals surface area contributed by atoms with E-state index < -0.39 is 0 Å². The van der Waals surface area contributed by atoms with E-state index in [0.29, 0.717) is 21.9 Å². The fourth-order valence-corrected chi connectivity index (χ4v) is 4.15. The van der Waals surface area contributed by atoms with E-state index in [1.165, 1.54) is 18.4 Å². The fraction of sp³-hybridized carbons (Fsp3) is 0.625. The highest BCUT2D eigenvalue weighted by molar-refractivity contribution is 6.42. The zero-order chi connectivity index (χ0) is 13.7. The van der Waals surface area contributed by atoms with Gasteiger partial charge >= 0.3 is 0 Å². The van der Waals surface area contributed by atoms with Crippen LogP contribution in [0.25, 0.3) is 0 Å². The highest BCUT2D eigenvalue weighted by Gasteiger charge is 2.67. The molecule has 2 nitrogen and oxygen atoms in total. The number of hydrogen-bond acceptors (Lipinski definition) is 2. The summed E-state index contributed by atoms with van der Waals surface area (Å²) >= 11 is 12.2. The van der Waals surface area contributed by atoms with Crippen LogP contribution in [-0.4, -0.2) is 26.3 Å². The van der Waals surface area contributed by atoms with Crippen molar-refractivity contribution < 1.29 is 4.74 Å². The van der Waals surface area contributed by atoms with Crippen LogP contribution in [0, 0.1) is 17.8 Å². The lowest BCUT2D eigenvalue weighted by Crippen LogP contribution is -2.25. The molecular formula is C16H19Cl2NO. The van der Waals surface area contributed by atoms with Crippen molar-refractivity contribution in [3.8, 4) is 0 Å². The van der Waals surface area contributed by atoms with E-state index in [9.17, 15) is 0 Å². The van der Waals surface area contributed by atoms with Gasteiger partial charge in [-0.2, -0.15) is 0 Å². The van der Waals surface area contributed by atoms with Gasteiger partial charge in [-0.15, -0.1) is 0 Å². The monoisotopic (exact) mass is 311 g/mol. The Morgan fingerprint density at radius 1 is 1.20 bits per heavy atom. The summed E-state index contributed by atoms with van der Waals surface area (Å²) < 4.78 is 5.93. The second-order valence-electron chi connectivity index (χ2n) is 6.49. The molecule has 1 saturated heterocycles. The second-order valence-corrected chi connectivity index (χ2v) is 7.31. The second kappa shape index (κ2) is 4.88. The number of hydrogen-bond donors (Lipinski definition) is 1. The van der Waals surface area contributed by atoms with Crippen LogP contribution in [0.1, 0.15) is 18.4 Å². The van der Waals surface area contributed by atoms with Gasteiger partial charge in [0.05, 0.1) is 16.7 Å². The van der Waals surface area contributed by atoms with Gasteiger partial charge in [0.25, 0.3) is 0 Å². The first-order valence-electron chi connectivity index (χ1n) is 7.46. The summed E-state index contributed by atoms with van der Waals surface area (Å²) in [6.45, 7) is 3.97. The quantitative estimate of drug-likeness (QED) is 0.898. The van der Waals surface area contributed by atoms with E-state index in [-0.39, 0.29) is 5.41 Å². The molecule has 0 unspecified atom stereocenters. The van der Waals surface area contributed by atoms with E-state index in [1.807, 2.05) is 12.1 Å². The van der Waals surface area contributed by atoms with Crippen molar-refractivity contribution in [2.75, 3.05) is 26.3 Å². The molecular weight excluding hydrogens is 293 g/mol. The van der Waals surface area contributed by atoms with Crippen molar-refractivity contribution >= 4 is 23.2 Å². The predicted octanol–water partition coefficient (Wildman–Crippen LogP) is 3.51. The highest BCUT2D eigenvalue weighted by atomic mass is 35.5. The molecule has 1 N–H and O–H groups in total. The molecule has 20 heavy (non-hydrogen) atoms. The lowest BCUT2D eigenvalue weighted by molar-refractivity contribution is 0.106. The molecule has 0 radical (unpaired) electrons. The molecule has 0 amide bonds. The maximum absolute atomic E-state index is 6.19. The van der Waals surface area contributed by atoms with Gasteiger partial charge in [-0.3, -0.25) is 0 Å². The minimum absolute atomic E-state index is 0.234. The van der Waals surface area contributed by atoms with E-state index in [0.717, 1.165) is 32.2 Å². The molecule has 3 fully saturated rings. The Hall–Kier alpha value is -0.280. The third-order valence-corrected chi connectivity index (χ3v) is 6.03. The van der Waals surface area contributed by atoms with E-state index in [4.69, 9.17) is 27.9 Å². The summed E-state index contributed by atoms with van der Waals surface area (Å²) in [6, 6.07) is 6.10. The molecule has 1 aromatic carbocycles. The van der Waals surface area contributed by atoms with Crippen LogP contribution in [0.15, 0.2) is 18.2 Å². The first-order valence-corrected chi connectivity index (χ1v) is 8.21. The van der Waals surface area contributed by atoms with E-state index in [2.05, 4.69) is 11.4 Å². The van der Waals surface area contributed by atoms with Gasteiger partial charge in [-0.1, -0.05) is 29.3 Å². The Kier molecular flexibility index (Phi) is 3.26. The third-order valence-electron chi connectivity index (χ3n) is 5.29. The Bertz CT molecular complexity index is 531. The zero-order valence-electron chi connectivity index (χ0n) is 11.4. The van der Waals surface area contributed by atoms with Gasteiger partial charge in [-0.25, -0.2) is 0 Å². The minimum atomic E-state index is 0.234. The third kappa shape index (κ3) is 2.09. The van der Waals surface area contributed by atoms with Gasteiger partial charge in [-0.05, 0) is 54.8 Å². The maximum atomic E-state index is 6.19. The molecule has 0 spiro atoms. The molecule has 1 heterocycles. The standard InChI is InChI=1S/C16H19Cl2NO/c17-14-4-3-11(5-15(14)18)16-9-19-6-12(16)13(16)8-20-7-10-1-2-10/h3-5,10,12-13,19H,1-2,6-9H2/t12-,13+,16+/m1/s1. The summed E-state index contributed by atoms with van der Waals surface area (Å²) in [6.07, 6.45) is 2.71. The molecule has 1 aliphatic heterocycles. The van der Waals surface area contributed by atoms with Crippen LogP contribution in [0.2, 0.25) is 10.0 Å². The van der Waals surface area contributed by atoms with Crippen molar-refractivity contribution in [3.63, 3.8) is 0 Å². The number of nitrogens with one attached hydrogen (secondary N) is 1. The number of halogens is 2. The molecule has 1 aromatic rings. The number of ether oxygens (including phenoxy) is 1. The first kappa shape index (κ1) is 13.4. The number of rotatable bonds is 5. The topological polar surface area (TPSA) is 21.3 Å². The average molecular weight is 312 g/mol. The summed E-state index contributed by atoms with van der Waals surface area (Å²) in [4.78, 5) is 0. The van der Waals surface area contributed by atoms with Crippen molar-refractivity contribution in [2.24, 2.45) is 17.8 Å². The SMILES string of the molecule is Clc1ccc([C@@]23CNC[C@@H]2[C@@H]3COCC2CC2)cc1Cl. The van der Waals surface area contributed by atoms with Crippen LogP contribution in [0.5, 0.6) is 0 Å². The van der Waals surface area contributed by atoms with Crippen LogP contribution in [-0.2, 0) is 10.2 Å². The molecule has 2 saturated carbocycles. The van der Waals surface area contributed by atoms with Crippen LogP contribution in [0.4, 0.5) is 0 Å². The smallest absolute Gasteiger partial charge is 0.0595 e. The number of fused-ring (bicyclic) bond motifs is 1. The van der Waals surface area contributed by atoms with Crippen molar-refractivity contribution in [1.29, 1.82) is 0 Å². The molecule has 2 aliphatic carbocycles. The van der Waals surface area contributed by atoms with Crippen molar-refractivity contribution in [1.82, 2.24) is 5.32 Å². The van der Waals surface area contributed by atoms with Gasteiger partial charge in [0, 0.05) is 18.6 Å². The summed E-state index contributed by atoms with van der Waals surface area (Å²) in [5.74, 6) is 2.17. The van der Waals surface area contributed by atoms with Gasteiger partial charge in [0.1, 0.15) is 0 Å². The molecule has 108 valence electrons. The highest BCUT2D eigenvalue weighted by Crippen LogP contribution is 2.62. The Labute approximate surface area is 129 Å². The average Bonchev–Trinajstić information content (AvgIpc) is 3.32. The normalized spacial score (nSPS) is 35.1. The summed E-state index contributed by atoms with van der Waals surface area (Å²) in [5, 5.41) is 4.80. The van der Waals surface area contributed by atoms with Gasteiger partial charge in [0.15, 0.2) is 0 Å². The van der Waals surface area contributed by atoms with Gasteiger partial charge in [0.2, 0.25) is 0 Å². The Morgan fingerprint density at radius 2 is 2.05 bits per heavy atom. The summed E-state index contributed by atoms with van der Waals surface area (Å²) in [7, 11) is 0.